The first kappa shape index (κ1) is 16.5. The van der Waals surface area contributed by atoms with Gasteiger partial charge < -0.3 is 19.5 Å². The maximum absolute atomic E-state index is 12.9. The predicted octanol–water partition coefficient (Wildman–Crippen LogP) is 1.47. The standard InChI is InChI=1S/C18H24N4O3/c1-11-15-16(13-4-3-5-14(13)20-18(15)25-21-11)17(23)19-7-6-12-10-22(2)8-9-24-12/h12H,3-10H2,1-2H3,(H,19,23)/t12-/m1/s1. The highest BCUT2D eigenvalue weighted by molar-refractivity contribution is 6.07. The zero-order chi connectivity index (χ0) is 17.4. The van der Waals surface area contributed by atoms with Gasteiger partial charge in [-0.2, -0.15) is 0 Å². The number of amides is 1. The molecule has 1 saturated heterocycles. The van der Waals surface area contributed by atoms with E-state index in [1.807, 2.05) is 6.92 Å². The van der Waals surface area contributed by atoms with E-state index in [9.17, 15) is 4.79 Å². The van der Waals surface area contributed by atoms with Crippen molar-refractivity contribution in [3.8, 4) is 0 Å². The van der Waals surface area contributed by atoms with Crippen molar-refractivity contribution in [2.45, 2.75) is 38.7 Å². The predicted molar refractivity (Wildman–Crippen MR) is 92.8 cm³/mol. The Balaban J connectivity index is 1.51. The van der Waals surface area contributed by atoms with Gasteiger partial charge in [0.05, 0.1) is 29.4 Å². The molecule has 1 aliphatic heterocycles. The minimum absolute atomic E-state index is 0.0546. The van der Waals surface area contributed by atoms with E-state index in [4.69, 9.17) is 9.26 Å². The molecule has 0 spiro atoms. The van der Waals surface area contributed by atoms with Crippen LogP contribution in [0.3, 0.4) is 0 Å². The number of rotatable bonds is 4. The second-order valence-corrected chi connectivity index (χ2v) is 7.01. The van der Waals surface area contributed by atoms with Gasteiger partial charge in [-0.3, -0.25) is 4.79 Å². The number of morpholine rings is 1. The van der Waals surface area contributed by atoms with E-state index in [0.717, 1.165) is 67.7 Å². The number of hydrogen-bond donors (Lipinski definition) is 1. The molecule has 1 fully saturated rings. The number of aromatic nitrogens is 2. The molecule has 1 N–H and O–H groups in total. The van der Waals surface area contributed by atoms with Gasteiger partial charge in [0.2, 0.25) is 0 Å². The quantitative estimate of drug-likeness (QED) is 0.905. The lowest BCUT2D eigenvalue weighted by Crippen LogP contribution is -2.41. The van der Waals surface area contributed by atoms with Crippen LogP contribution in [0.4, 0.5) is 0 Å². The first-order chi connectivity index (χ1) is 12.1. The fourth-order valence-corrected chi connectivity index (χ4v) is 3.84. The van der Waals surface area contributed by atoms with Crippen LogP contribution < -0.4 is 5.32 Å². The SMILES string of the molecule is Cc1noc2nc3c(c(C(=O)NCC[C@@H]4CN(C)CCO4)c12)CCC3. The Hall–Kier alpha value is -1.99. The number of fused-ring (bicyclic) bond motifs is 2. The molecule has 0 bridgehead atoms. The zero-order valence-electron chi connectivity index (χ0n) is 14.8. The minimum atomic E-state index is -0.0546. The number of pyridine rings is 1. The summed E-state index contributed by atoms with van der Waals surface area (Å²) >= 11 is 0. The topological polar surface area (TPSA) is 80.5 Å². The second kappa shape index (κ2) is 6.72. The lowest BCUT2D eigenvalue weighted by Gasteiger charge is -2.30. The van der Waals surface area contributed by atoms with E-state index < -0.39 is 0 Å². The number of nitrogens with zero attached hydrogens (tertiary/aromatic N) is 3. The molecule has 0 aromatic carbocycles. The maximum atomic E-state index is 12.9. The van der Waals surface area contributed by atoms with E-state index in [-0.39, 0.29) is 12.0 Å². The van der Waals surface area contributed by atoms with Crippen molar-refractivity contribution < 1.29 is 14.1 Å². The Morgan fingerprint density at radius 2 is 2.28 bits per heavy atom. The summed E-state index contributed by atoms with van der Waals surface area (Å²) in [6.07, 6.45) is 3.81. The molecule has 0 saturated carbocycles. The highest BCUT2D eigenvalue weighted by Crippen LogP contribution is 2.31. The molecule has 2 aromatic heterocycles. The third-order valence-electron chi connectivity index (χ3n) is 5.14. The Labute approximate surface area is 146 Å². The Morgan fingerprint density at radius 3 is 3.12 bits per heavy atom. The zero-order valence-corrected chi connectivity index (χ0v) is 14.8. The number of ether oxygens (including phenoxy) is 1. The molecule has 134 valence electrons. The van der Waals surface area contributed by atoms with Gasteiger partial charge in [-0.25, -0.2) is 4.98 Å². The highest BCUT2D eigenvalue weighted by Gasteiger charge is 2.27. The number of likely N-dealkylation sites (N-methyl/N-ethyl adjacent to an activating group) is 1. The van der Waals surface area contributed by atoms with Crippen LogP contribution in [-0.4, -0.2) is 60.3 Å². The van der Waals surface area contributed by atoms with E-state index in [1.165, 1.54) is 0 Å². The molecule has 7 nitrogen and oxygen atoms in total. The summed E-state index contributed by atoms with van der Waals surface area (Å²) in [6, 6.07) is 0. The van der Waals surface area contributed by atoms with Gasteiger partial charge in [-0.15, -0.1) is 0 Å². The summed E-state index contributed by atoms with van der Waals surface area (Å²) < 4.78 is 11.1. The minimum Gasteiger partial charge on any atom is -0.375 e. The van der Waals surface area contributed by atoms with E-state index in [0.29, 0.717) is 17.8 Å². The lowest BCUT2D eigenvalue weighted by molar-refractivity contribution is -0.0225. The smallest absolute Gasteiger partial charge is 0.259 e. The second-order valence-electron chi connectivity index (χ2n) is 7.01. The van der Waals surface area contributed by atoms with Gasteiger partial charge in [0.1, 0.15) is 0 Å². The van der Waals surface area contributed by atoms with Crippen LogP contribution in [0.1, 0.15) is 40.2 Å². The first-order valence-electron chi connectivity index (χ1n) is 8.99. The Morgan fingerprint density at radius 1 is 1.40 bits per heavy atom. The van der Waals surface area contributed by atoms with Crippen LogP contribution in [0, 0.1) is 6.92 Å². The molecule has 4 rings (SSSR count). The van der Waals surface area contributed by atoms with Crippen molar-refractivity contribution in [1.82, 2.24) is 20.4 Å². The van der Waals surface area contributed by atoms with Gasteiger partial charge in [0.15, 0.2) is 0 Å². The van der Waals surface area contributed by atoms with Crippen molar-refractivity contribution in [3.63, 3.8) is 0 Å². The fraction of sp³-hybridized carbons (Fsp3) is 0.611. The third-order valence-corrected chi connectivity index (χ3v) is 5.14. The molecule has 0 radical (unpaired) electrons. The number of carbonyl (C=O) groups excluding carboxylic acids is 1. The maximum Gasteiger partial charge on any atom is 0.259 e. The van der Waals surface area contributed by atoms with Crippen molar-refractivity contribution >= 4 is 17.0 Å². The summed E-state index contributed by atoms with van der Waals surface area (Å²) in [5.74, 6) is -0.0546. The Bertz CT molecular complexity index is 801. The Kier molecular flexibility index (Phi) is 4.43. The average molecular weight is 344 g/mol. The fourth-order valence-electron chi connectivity index (χ4n) is 3.84. The monoisotopic (exact) mass is 344 g/mol. The molecule has 0 unspecified atom stereocenters. The number of carbonyl (C=O) groups is 1. The van der Waals surface area contributed by atoms with Crippen LogP contribution in [0.5, 0.6) is 0 Å². The first-order valence-corrected chi connectivity index (χ1v) is 8.99. The van der Waals surface area contributed by atoms with Crippen LogP contribution in [0.2, 0.25) is 0 Å². The van der Waals surface area contributed by atoms with Gasteiger partial charge in [-0.05, 0) is 45.2 Å². The van der Waals surface area contributed by atoms with Crippen molar-refractivity contribution in [2.24, 2.45) is 0 Å². The molecule has 1 amide bonds. The largest absolute Gasteiger partial charge is 0.375 e. The number of nitrogens with one attached hydrogen (secondary N) is 1. The van der Waals surface area contributed by atoms with E-state index >= 15 is 0 Å². The van der Waals surface area contributed by atoms with Gasteiger partial charge in [0.25, 0.3) is 11.6 Å². The number of aryl methyl sites for hydroxylation is 2. The third kappa shape index (κ3) is 3.14. The summed E-state index contributed by atoms with van der Waals surface area (Å²) in [6.45, 7) is 5.09. The number of hydrogen-bond acceptors (Lipinski definition) is 6. The molecule has 25 heavy (non-hydrogen) atoms. The van der Waals surface area contributed by atoms with Crippen molar-refractivity contribution in [1.29, 1.82) is 0 Å². The highest BCUT2D eigenvalue weighted by atomic mass is 16.5. The van der Waals surface area contributed by atoms with Gasteiger partial charge in [0, 0.05) is 25.3 Å². The average Bonchev–Trinajstić information content (AvgIpc) is 3.20. The molecule has 2 aliphatic rings. The van der Waals surface area contributed by atoms with Crippen LogP contribution >= 0.6 is 0 Å². The van der Waals surface area contributed by atoms with Crippen molar-refractivity contribution in [3.05, 3.63) is 22.5 Å². The van der Waals surface area contributed by atoms with Crippen LogP contribution in [0.25, 0.3) is 11.1 Å². The molecular formula is C18H24N4O3. The summed E-state index contributed by atoms with van der Waals surface area (Å²) in [5, 5.41) is 7.82. The normalized spacial score (nSPS) is 20.8. The molecule has 1 aliphatic carbocycles. The summed E-state index contributed by atoms with van der Waals surface area (Å²) in [7, 11) is 2.10. The molecule has 1 atom stereocenters. The van der Waals surface area contributed by atoms with Gasteiger partial charge in [-0.1, -0.05) is 5.16 Å². The summed E-state index contributed by atoms with van der Waals surface area (Å²) in [4.78, 5) is 19.7. The van der Waals surface area contributed by atoms with E-state index in [2.05, 4.69) is 27.4 Å². The summed E-state index contributed by atoms with van der Waals surface area (Å²) in [5.41, 5.74) is 3.94. The van der Waals surface area contributed by atoms with Crippen LogP contribution in [-0.2, 0) is 17.6 Å². The molecule has 2 aromatic rings. The van der Waals surface area contributed by atoms with E-state index in [1.54, 1.807) is 0 Å². The molecule has 3 heterocycles. The lowest BCUT2D eigenvalue weighted by atomic mass is 10.0. The molecular weight excluding hydrogens is 320 g/mol. The van der Waals surface area contributed by atoms with Crippen molar-refractivity contribution in [2.75, 3.05) is 33.3 Å². The van der Waals surface area contributed by atoms with Gasteiger partial charge >= 0.3 is 0 Å². The van der Waals surface area contributed by atoms with Crippen LogP contribution in [0.15, 0.2) is 4.52 Å². The molecule has 7 heteroatoms.